The van der Waals surface area contributed by atoms with Gasteiger partial charge in [-0.2, -0.15) is 0 Å². The molecule has 1 aromatic rings. The van der Waals surface area contributed by atoms with Crippen molar-refractivity contribution >= 4 is 11.9 Å². The van der Waals surface area contributed by atoms with Crippen molar-refractivity contribution in [1.29, 1.82) is 0 Å². The highest BCUT2D eigenvalue weighted by molar-refractivity contribution is 5.85. The van der Waals surface area contributed by atoms with Gasteiger partial charge >= 0.3 is 5.97 Å². The number of imidazole rings is 1. The van der Waals surface area contributed by atoms with Gasteiger partial charge in [0.1, 0.15) is 6.04 Å². The molecule has 0 bridgehead atoms. The van der Waals surface area contributed by atoms with Crippen molar-refractivity contribution in [3.8, 4) is 0 Å². The van der Waals surface area contributed by atoms with Crippen LogP contribution in [0.3, 0.4) is 0 Å². The third-order valence-electron chi connectivity index (χ3n) is 4.03. The van der Waals surface area contributed by atoms with Gasteiger partial charge in [0.15, 0.2) is 0 Å². The molecule has 6 heteroatoms. The first-order valence-electron chi connectivity index (χ1n) is 7.52. The number of amides is 1. The predicted octanol–water partition coefficient (Wildman–Crippen LogP) is 1.78. The molecule has 1 fully saturated rings. The average molecular weight is 293 g/mol. The second kappa shape index (κ2) is 7.24. The number of aromatic nitrogens is 2. The van der Waals surface area contributed by atoms with E-state index in [1.165, 1.54) is 7.11 Å². The Morgan fingerprint density at radius 1 is 1.48 bits per heavy atom. The second-order valence-corrected chi connectivity index (χ2v) is 5.42. The van der Waals surface area contributed by atoms with E-state index < -0.39 is 6.04 Å². The van der Waals surface area contributed by atoms with Crippen LogP contribution in [-0.2, 0) is 14.3 Å². The van der Waals surface area contributed by atoms with Gasteiger partial charge in [0, 0.05) is 31.4 Å². The monoisotopic (exact) mass is 293 g/mol. The van der Waals surface area contributed by atoms with Gasteiger partial charge < -0.3 is 14.2 Å². The molecule has 2 rings (SSSR count). The minimum absolute atomic E-state index is 0.0232. The number of carbonyl (C=O) groups is 2. The summed E-state index contributed by atoms with van der Waals surface area (Å²) in [4.78, 5) is 30.0. The molecule has 0 spiro atoms. The quantitative estimate of drug-likeness (QED) is 0.750. The van der Waals surface area contributed by atoms with E-state index in [0.717, 1.165) is 19.3 Å². The number of carbonyl (C=O) groups excluding carboxylic acids is 2. The lowest BCUT2D eigenvalue weighted by Gasteiger charge is -2.25. The van der Waals surface area contributed by atoms with E-state index in [1.807, 2.05) is 10.8 Å². The number of ether oxygens (including phenoxy) is 1. The van der Waals surface area contributed by atoms with Crippen LogP contribution in [0.25, 0.3) is 0 Å². The summed E-state index contributed by atoms with van der Waals surface area (Å²) in [6.07, 6.45) is 9.22. The Hall–Kier alpha value is -1.85. The Bertz CT molecular complexity index is 473. The van der Waals surface area contributed by atoms with Crippen molar-refractivity contribution in [3.05, 3.63) is 18.7 Å². The van der Waals surface area contributed by atoms with Crippen LogP contribution in [0.4, 0.5) is 0 Å². The molecular formula is C15H23N3O3. The minimum Gasteiger partial charge on any atom is -0.467 e. The van der Waals surface area contributed by atoms with Crippen molar-refractivity contribution in [2.24, 2.45) is 0 Å². The lowest BCUT2D eigenvalue weighted by atomic mass is 10.1. The highest BCUT2D eigenvalue weighted by Crippen LogP contribution is 2.24. The summed E-state index contributed by atoms with van der Waals surface area (Å²) < 4.78 is 6.77. The number of esters is 1. The van der Waals surface area contributed by atoms with Crippen molar-refractivity contribution in [2.75, 3.05) is 13.7 Å². The number of hydrogen-bond donors (Lipinski definition) is 0. The standard InChI is InChI=1S/C15H23N3O3/c1-3-5-12(17-9-7-16-11-17)10-14(19)18-8-4-6-13(18)15(20)21-2/h7,9,11-13H,3-6,8,10H2,1-2H3. The van der Waals surface area contributed by atoms with Crippen molar-refractivity contribution < 1.29 is 14.3 Å². The molecule has 0 N–H and O–H groups in total. The maximum absolute atomic E-state index is 12.5. The molecular weight excluding hydrogens is 270 g/mol. The largest absolute Gasteiger partial charge is 0.467 e. The molecule has 1 aliphatic rings. The number of hydrogen-bond acceptors (Lipinski definition) is 4. The summed E-state index contributed by atoms with van der Waals surface area (Å²) in [5, 5.41) is 0. The van der Waals surface area contributed by atoms with E-state index in [-0.39, 0.29) is 17.9 Å². The minimum atomic E-state index is -0.410. The van der Waals surface area contributed by atoms with Gasteiger partial charge in [-0.25, -0.2) is 9.78 Å². The molecule has 0 radical (unpaired) electrons. The van der Waals surface area contributed by atoms with Gasteiger partial charge in [0.2, 0.25) is 5.91 Å². The van der Waals surface area contributed by atoms with E-state index in [1.54, 1.807) is 17.4 Å². The first kappa shape index (κ1) is 15.5. The van der Waals surface area contributed by atoms with Gasteiger partial charge in [0.25, 0.3) is 0 Å². The fraction of sp³-hybridized carbons (Fsp3) is 0.667. The molecule has 2 heterocycles. The maximum atomic E-state index is 12.5. The summed E-state index contributed by atoms with van der Waals surface area (Å²) in [5.41, 5.74) is 0. The fourth-order valence-electron chi connectivity index (χ4n) is 2.94. The zero-order chi connectivity index (χ0) is 15.2. The van der Waals surface area contributed by atoms with Crippen LogP contribution >= 0.6 is 0 Å². The van der Waals surface area contributed by atoms with Crippen molar-refractivity contribution in [1.82, 2.24) is 14.5 Å². The molecule has 0 saturated carbocycles. The van der Waals surface area contributed by atoms with Gasteiger partial charge in [-0.15, -0.1) is 0 Å². The molecule has 2 atom stereocenters. The van der Waals surface area contributed by atoms with Crippen LogP contribution in [-0.4, -0.2) is 46.0 Å². The zero-order valence-electron chi connectivity index (χ0n) is 12.7. The second-order valence-electron chi connectivity index (χ2n) is 5.42. The van der Waals surface area contributed by atoms with Crippen molar-refractivity contribution in [3.63, 3.8) is 0 Å². The normalized spacial score (nSPS) is 19.5. The number of nitrogens with zero attached hydrogens (tertiary/aromatic N) is 3. The summed E-state index contributed by atoms with van der Waals surface area (Å²) in [6.45, 7) is 2.74. The third-order valence-corrected chi connectivity index (χ3v) is 4.03. The van der Waals surface area contributed by atoms with Gasteiger partial charge in [-0.05, 0) is 19.3 Å². The average Bonchev–Trinajstić information content (AvgIpc) is 3.16. The lowest BCUT2D eigenvalue weighted by molar-refractivity contribution is -0.151. The SMILES string of the molecule is CCCC(CC(=O)N1CCCC1C(=O)OC)n1ccnc1. The first-order chi connectivity index (χ1) is 10.2. The molecule has 0 aromatic carbocycles. The van der Waals surface area contributed by atoms with Gasteiger partial charge in [-0.3, -0.25) is 4.79 Å². The maximum Gasteiger partial charge on any atom is 0.328 e. The molecule has 0 aliphatic carbocycles. The van der Waals surface area contributed by atoms with E-state index >= 15 is 0 Å². The molecule has 116 valence electrons. The van der Waals surface area contributed by atoms with E-state index in [4.69, 9.17) is 4.74 Å². The Balaban J connectivity index is 2.03. The van der Waals surface area contributed by atoms with E-state index in [2.05, 4.69) is 11.9 Å². The zero-order valence-corrected chi connectivity index (χ0v) is 12.7. The third kappa shape index (κ3) is 3.62. The summed E-state index contributed by atoms with van der Waals surface area (Å²) in [5.74, 6) is -0.287. The van der Waals surface area contributed by atoms with Gasteiger partial charge in [0.05, 0.1) is 13.4 Å². The Morgan fingerprint density at radius 2 is 2.29 bits per heavy atom. The Morgan fingerprint density at radius 3 is 2.90 bits per heavy atom. The van der Waals surface area contributed by atoms with Crippen LogP contribution in [0.1, 0.15) is 45.1 Å². The molecule has 6 nitrogen and oxygen atoms in total. The molecule has 21 heavy (non-hydrogen) atoms. The number of methoxy groups -OCH3 is 1. The predicted molar refractivity (Wildman–Crippen MR) is 77.5 cm³/mol. The van der Waals surface area contributed by atoms with Crippen molar-refractivity contribution in [2.45, 2.75) is 51.1 Å². The van der Waals surface area contributed by atoms with Crippen LogP contribution in [0, 0.1) is 0 Å². The number of likely N-dealkylation sites (tertiary alicyclic amines) is 1. The molecule has 1 aromatic heterocycles. The highest BCUT2D eigenvalue weighted by atomic mass is 16.5. The summed E-state index contributed by atoms with van der Waals surface area (Å²) in [6, 6.07) is -0.309. The van der Waals surface area contributed by atoms with E-state index in [0.29, 0.717) is 19.4 Å². The summed E-state index contributed by atoms with van der Waals surface area (Å²) in [7, 11) is 1.37. The highest BCUT2D eigenvalue weighted by Gasteiger charge is 2.35. The van der Waals surface area contributed by atoms with Crippen LogP contribution in [0.15, 0.2) is 18.7 Å². The molecule has 1 saturated heterocycles. The van der Waals surface area contributed by atoms with Crippen LogP contribution < -0.4 is 0 Å². The van der Waals surface area contributed by atoms with Crippen LogP contribution in [0.2, 0.25) is 0 Å². The Labute approximate surface area is 125 Å². The van der Waals surface area contributed by atoms with Crippen LogP contribution in [0.5, 0.6) is 0 Å². The van der Waals surface area contributed by atoms with E-state index in [9.17, 15) is 9.59 Å². The fourth-order valence-corrected chi connectivity index (χ4v) is 2.94. The first-order valence-corrected chi connectivity index (χ1v) is 7.52. The van der Waals surface area contributed by atoms with Gasteiger partial charge in [-0.1, -0.05) is 13.3 Å². The summed E-state index contributed by atoms with van der Waals surface area (Å²) >= 11 is 0. The lowest BCUT2D eigenvalue weighted by Crippen LogP contribution is -2.41. The smallest absolute Gasteiger partial charge is 0.328 e. The number of rotatable bonds is 6. The topological polar surface area (TPSA) is 64.4 Å². The Kier molecular flexibility index (Phi) is 5.36. The molecule has 2 unspecified atom stereocenters. The molecule has 1 amide bonds. The molecule has 1 aliphatic heterocycles.